The standard InChI is InChI=1S/C18H15ClF2N4O/c19-12-4-14(15-6-22-24-16(15)5-12)18(26)23-13-2-1-10-7-25(9-17(20)21)8-11(10)3-13/h1-6,17H,7-9H2,(H,22,24)(H,23,26). The van der Waals surface area contributed by atoms with Gasteiger partial charge < -0.3 is 5.32 Å². The second-order valence-electron chi connectivity index (χ2n) is 6.28. The van der Waals surface area contributed by atoms with Gasteiger partial charge in [0.25, 0.3) is 12.3 Å². The van der Waals surface area contributed by atoms with E-state index in [1.807, 2.05) is 12.1 Å². The van der Waals surface area contributed by atoms with Gasteiger partial charge in [-0.15, -0.1) is 0 Å². The lowest BCUT2D eigenvalue weighted by atomic mass is 10.1. The second kappa shape index (κ2) is 6.66. The summed E-state index contributed by atoms with van der Waals surface area (Å²) in [6.07, 6.45) is -0.783. The van der Waals surface area contributed by atoms with Crippen LogP contribution in [0.25, 0.3) is 10.9 Å². The Morgan fingerprint density at radius 1 is 1.27 bits per heavy atom. The summed E-state index contributed by atoms with van der Waals surface area (Å²) in [6.45, 7) is 0.696. The molecule has 134 valence electrons. The normalized spacial score (nSPS) is 14.2. The molecule has 0 radical (unpaired) electrons. The summed E-state index contributed by atoms with van der Waals surface area (Å²) >= 11 is 6.07. The number of nitrogens with zero attached hydrogens (tertiary/aromatic N) is 2. The fourth-order valence-corrected chi connectivity index (χ4v) is 3.49. The molecule has 1 aliphatic rings. The smallest absolute Gasteiger partial charge is 0.256 e. The number of amides is 1. The average Bonchev–Trinajstić information content (AvgIpc) is 3.18. The van der Waals surface area contributed by atoms with Crippen LogP contribution in [0.1, 0.15) is 21.5 Å². The van der Waals surface area contributed by atoms with Crippen LogP contribution in [0.2, 0.25) is 5.02 Å². The number of fused-ring (bicyclic) bond motifs is 2. The lowest BCUT2D eigenvalue weighted by molar-refractivity contribution is 0.0873. The van der Waals surface area contributed by atoms with Crippen molar-refractivity contribution < 1.29 is 13.6 Å². The van der Waals surface area contributed by atoms with Gasteiger partial charge in [0.2, 0.25) is 0 Å². The van der Waals surface area contributed by atoms with E-state index in [2.05, 4.69) is 15.5 Å². The maximum absolute atomic E-state index is 12.7. The summed E-state index contributed by atoms with van der Waals surface area (Å²) in [7, 11) is 0. The summed E-state index contributed by atoms with van der Waals surface area (Å²) in [5.41, 5.74) is 3.66. The third-order valence-electron chi connectivity index (χ3n) is 4.42. The minimum Gasteiger partial charge on any atom is -0.322 e. The molecule has 4 rings (SSSR count). The Morgan fingerprint density at radius 2 is 2.08 bits per heavy atom. The SMILES string of the molecule is O=C(Nc1ccc2c(c1)CN(CC(F)F)C2)c1cc(Cl)cc2[nH]ncc12. The number of benzene rings is 2. The van der Waals surface area contributed by atoms with E-state index >= 15 is 0 Å². The van der Waals surface area contributed by atoms with Crippen LogP contribution >= 0.6 is 11.6 Å². The molecule has 3 aromatic rings. The first-order valence-corrected chi connectivity index (χ1v) is 8.43. The number of halogens is 3. The summed E-state index contributed by atoms with van der Waals surface area (Å²) in [4.78, 5) is 14.4. The minimum absolute atomic E-state index is 0.253. The Bertz CT molecular complexity index is 988. The molecule has 8 heteroatoms. The Morgan fingerprint density at radius 3 is 2.88 bits per heavy atom. The van der Waals surface area contributed by atoms with Gasteiger partial charge in [-0.1, -0.05) is 17.7 Å². The number of alkyl halides is 2. The van der Waals surface area contributed by atoms with E-state index in [1.165, 1.54) is 0 Å². The highest BCUT2D eigenvalue weighted by Gasteiger charge is 2.22. The fraction of sp³-hybridized carbons (Fsp3) is 0.222. The molecule has 2 aromatic carbocycles. The largest absolute Gasteiger partial charge is 0.322 e. The molecule has 1 amide bonds. The molecule has 0 unspecified atom stereocenters. The van der Waals surface area contributed by atoms with E-state index < -0.39 is 6.43 Å². The number of rotatable bonds is 4. The van der Waals surface area contributed by atoms with Gasteiger partial charge >= 0.3 is 0 Å². The fourth-order valence-electron chi connectivity index (χ4n) is 3.27. The van der Waals surface area contributed by atoms with Gasteiger partial charge in [0, 0.05) is 29.2 Å². The number of hydrogen-bond donors (Lipinski definition) is 2. The van der Waals surface area contributed by atoms with Crippen molar-refractivity contribution in [2.24, 2.45) is 0 Å². The van der Waals surface area contributed by atoms with E-state index in [0.29, 0.717) is 40.3 Å². The van der Waals surface area contributed by atoms with Crippen molar-refractivity contribution in [3.05, 3.63) is 58.2 Å². The first-order chi connectivity index (χ1) is 12.5. The van der Waals surface area contributed by atoms with Crippen LogP contribution in [0, 0.1) is 0 Å². The van der Waals surface area contributed by atoms with Gasteiger partial charge in [0.05, 0.1) is 23.8 Å². The van der Waals surface area contributed by atoms with Crippen molar-refractivity contribution in [2.45, 2.75) is 19.5 Å². The molecule has 5 nitrogen and oxygen atoms in total. The maximum atomic E-state index is 12.7. The van der Waals surface area contributed by atoms with Crippen LogP contribution in [0.3, 0.4) is 0 Å². The van der Waals surface area contributed by atoms with Crippen molar-refractivity contribution in [3.63, 3.8) is 0 Å². The molecular formula is C18H15ClF2N4O. The molecule has 0 fully saturated rings. The van der Waals surface area contributed by atoms with Crippen molar-refractivity contribution in [1.29, 1.82) is 0 Å². The topological polar surface area (TPSA) is 61.0 Å². The van der Waals surface area contributed by atoms with E-state index in [-0.39, 0.29) is 12.5 Å². The lowest BCUT2D eigenvalue weighted by Crippen LogP contribution is -2.22. The zero-order valence-electron chi connectivity index (χ0n) is 13.6. The number of nitrogens with one attached hydrogen (secondary N) is 2. The van der Waals surface area contributed by atoms with E-state index in [4.69, 9.17) is 11.6 Å². The average molecular weight is 377 g/mol. The molecule has 2 heterocycles. The highest BCUT2D eigenvalue weighted by molar-refractivity contribution is 6.32. The quantitative estimate of drug-likeness (QED) is 0.722. The Kier molecular flexibility index (Phi) is 4.34. The lowest BCUT2D eigenvalue weighted by Gasteiger charge is -2.12. The van der Waals surface area contributed by atoms with Gasteiger partial charge in [-0.25, -0.2) is 8.78 Å². The monoisotopic (exact) mass is 376 g/mol. The molecule has 26 heavy (non-hydrogen) atoms. The summed E-state index contributed by atoms with van der Waals surface area (Å²) < 4.78 is 25.1. The van der Waals surface area contributed by atoms with Crippen molar-refractivity contribution >= 4 is 34.1 Å². The second-order valence-corrected chi connectivity index (χ2v) is 6.72. The van der Waals surface area contributed by atoms with Crippen LogP contribution < -0.4 is 5.32 Å². The third-order valence-corrected chi connectivity index (χ3v) is 4.63. The van der Waals surface area contributed by atoms with Gasteiger partial charge in [0.1, 0.15) is 0 Å². The van der Waals surface area contributed by atoms with Gasteiger partial charge in [0.15, 0.2) is 0 Å². The molecule has 0 aliphatic carbocycles. The molecular weight excluding hydrogens is 362 g/mol. The van der Waals surface area contributed by atoms with Gasteiger partial charge in [-0.3, -0.25) is 14.8 Å². The minimum atomic E-state index is -2.36. The predicted octanol–water partition coefficient (Wildman–Crippen LogP) is 4.05. The summed E-state index contributed by atoms with van der Waals surface area (Å²) in [5.74, 6) is -0.304. The van der Waals surface area contributed by atoms with E-state index in [9.17, 15) is 13.6 Å². The highest BCUT2D eigenvalue weighted by atomic mass is 35.5. The Labute approximate surface area is 152 Å². The molecule has 0 bridgehead atoms. The number of aromatic nitrogens is 2. The third kappa shape index (κ3) is 3.27. The van der Waals surface area contributed by atoms with Gasteiger partial charge in [-0.05, 0) is 35.4 Å². The maximum Gasteiger partial charge on any atom is 0.256 e. The van der Waals surface area contributed by atoms with Crippen LogP contribution in [0.15, 0.2) is 36.5 Å². The number of carbonyl (C=O) groups excluding carboxylic acids is 1. The van der Waals surface area contributed by atoms with E-state index in [1.54, 1.807) is 29.3 Å². The Hall–Kier alpha value is -2.51. The van der Waals surface area contributed by atoms with Crippen molar-refractivity contribution in [1.82, 2.24) is 15.1 Å². The molecule has 2 N–H and O–H groups in total. The summed E-state index contributed by atoms with van der Waals surface area (Å²) in [5, 5.41) is 10.7. The molecule has 0 saturated heterocycles. The van der Waals surface area contributed by atoms with Crippen LogP contribution in [-0.2, 0) is 13.1 Å². The first kappa shape index (κ1) is 16.9. The van der Waals surface area contributed by atoms with Crippen molar-refractivity contribution in [3.8, 4) is 0 Å². The number of aromatic amines is 1. The predicted molar refractivity (Wildman–Crippen MR) is 95.6 cm³/mol. The molecule has 0 saturated carbocycles. The van der Waals surface area contributed by atoms with E-state index in [0.717, 1.165) is 11.1 Å². The van der Waals surface area contributed by atoms with Crippen LogP contribution in [0.4, 0.5) is 14.5 Å². The summed E-state index contributed by atoms with van der Waals surface area (Å²) in [6, 6.07) is 8.76. The Balaban J connectivity index is 1.55. The molecule has 0 spiro atoms. The van der Waals surface area contributed by atoms with Crippen LogP contribution in [-0.4, -0.2) is 34.0 Å². The van der Waals surface area contributed by atoms with Crippen molar-refractivity contribution in [2.75, 3.05) is 11.9 Å². The van der Waals surface area contributed by atoms with Crippen LogP contribution in [0.5, 0.6) is 0 Å². The molecule has 1 aliphatic heterocycles. The molecule has 1 aromatic heterocycles. The number of anilines is 1. The first-order valence-electron chi connectivity index (χ1n) is 8.06. The number of carbonyl (C=O) groups is 1. The van der Waals surface area contributed by atoms with Gasteiger partial charge in [-0.2, -0.15) is 5.10 Å². The highest BCUT2D eigenvalue weighted by Crippen LogP contribution is 2.27. The zero-order valence-corrected chi connectivity index (χ0v) is 14.4. The number of hydrogen-bond acceptors (Lipinski definition) is 3. The molecule has 0 atom stereocenters. The number of H-pyrrole nitrogens is 1. The zero-order chi connectivity index (χ0) is 18.3.